The van der Waals surface area contributed by atoms with E-state index in [1.165, 1.54) is 159 Å². The van der Waals surface area contributed by atoms with Gasteiger partial charge in [-0.3, -0.25) is 18.2 Å². The molecule has 0 saturated carbocycles. The maximum absolute atomic E-state index is 15.0. The number of hydrogen-bond acceptors (Lipinski definition) is 17. The van der Waals surface area contributed by atoms with Gasteiger partial charge in [-0.25, -0.2) is 49.0 Å². The number of allylic oxidation sites excluding steroid dienone is 1. The van der Waals surface area contributed by atoms with Crippen LogP contribution in [0, 0.1) is 23.3 Å². The second-order valence-electron chi connectivity index (χ2n) is 23.8. The third kappa shape index (κ3) is 19.6. The third-order valence-electron chi connectivity index (χ3n) is 17.0. The number of aliphatic hydroxyl groups excluding tert-OH is 2. The number of anilines is 2. The van der Waals surface area contributed by atoms with Crippen LogP contribution in [-0.4, -0.2) is 176 Å². The molecule has 5 aromatic heterocycles. The fourth-order valence-corrected chi connectivity index (χ4v) is 13.2. The fraction of sp³-hybridized carbons (Fsp3) is 0.203. The van der Waals surface area contributed by atoms with Gasteiger partial charge in [0.05, 0.1) is 69.0 Å². The van der Waals surface area contributed by atoms with Crippen molar-refractivity contribution >= 4 is 171 Å². The number of halogens is 4. The third-order valence-corrected chi connectivity index (χ3v) is 19.5. The zero-order valence-corrected chi connectivity index (χ0v) is 71.1. The van der Waals surface area contributed by atoms with Gasteiger partial charge in [-0.15, -0.1) is 0 Å². The molecule has 2 unspecified atom stereocenters. The Hall–Kier alpha value is -5.64. The molecule has 6 heterocycles. The molecule has 0 fully saturated rings. The van der Waals surface area contributed by atoms with Crippen LogP contribution in [0.25, 0.3) is 107 Å². The predicted molar refractivity (Wildman–Crippen MR) is 394 cm³/mol. The van der Waals surface area contributed by atoms with E-state index in [2.05, 4.69) is 15.3 Å². The maximum atomic E-state index is 15.0. The number of carbonyl (C=O) groups is 3. The van der Waals surface area contributed by atoms with Gasteiger partial charge in [-0.2, -0.15) is 0 Å². The second-order valence-corrected chi connectivity index (χ2v) is 28.5. The first kappa shape index (κ1) is 84.4. The van der Waals surface area contributed by atoms with Crippen LogP contribution in [0.3, 0.4) is 0 Å². The van der Waals surface area contributed by atoms with Crippen LogP contribution in [0.15, 0.2) is 154 Å². The summed E-state index contributed by atoms with van der Waals surface area (Å²) in [4.78, 5) is 55.1. The number of aromatic nitrogens is 3. The van der Waals surface area contributed by atoms with Gasteiger partial charge in [-0.1, -0.05) is 42.5 Å². The summed E-state index contributed by atoms with van der Waals surface area (Å²) in [6.07, 6.45) is 9.45. The molecule has 13 rings (SSSR count). The monoisotopic (exact) mass is 1580 g/mol. The molecule has 2 amide bonds. The molecule has 32 heteroatoms. The standard InChI is InChI=1S/C36H31F2N3O5S.C35H30F2N4O5S.C3H6O.3K.HO4P/c1-39-36(43)33-28-19-27(31(41(2)47(3,44)45)20-32(28)46-35(33)22-10-13-25(37)14-11-22)30-15-12-21(7-4-5-16-42)34(40-30)24-17-23-8-6-9-29(38)26(23)18-24;1-38-35(43)32-25-16-24(29(40(2)47(3,44)45)18-31(25)46-34(32)19-7-10-21(36)11-8-19)27-12-9-20-15-22(13-14-42)41-28-6-4-5-26(37)23(28)17-30(41)33(20)39-27;1-3(2)4;;;;1-4-5(2)3/h4,6-15,18-20,42H,5,16-17H2,1-3H3,(H,39,43);4-12,16-18,22,42H,13-15H2,1-3H3,(H,38,43);1-2H3;;;;1H/q;;;;;+1;/p-1/b7-4+;;;;;;/i;;1D;;;;. The van der Waals surface area contributed by atoms with Crippen LogP contribution in [0.5, 0.6) is 0 Å². The van der Waals surface area contributed by atoms with Gasteiger partial charge in [0.2, 0.25) is 20.0 Å². The number of aliphatic hydroxyl groups is 2. The molecule has 4 N–H and O–H groups in total. The Labute approximate surface area is 698 Å². The molecular weight excluding hydrogens is 1520 g/mol. The average Bonchev–Trinajstić information content (AvgIpc) is 1.64. The Morgan fingerprint density at radius 3 is 1.67 bits per heavy atom. The summed E-state index contributed by atoms with van der Waals surface area (Å²) in [7, 11) is -4.89. The number of benzene rings is 6. The Kier molecular flexibility index (Phi) is 30.1. The number of nitrogens with one attached hydrogen (secondary N) is 2. The number of nitrogens with zero attached hydrogens (tertiary/aromatic N) is 5. The summed E-state index contributed by atoms with van der Waals surface area (Å²) in [6, 6.07) is 36.2. The van der Waals surface area contributed by atoms with Crippen molar-refractivity contribution in [2.75, 3.05) is 62.5 Å². The zero-order valence-electron chi connectivity index (χ0n) is 60.3. The van der Waals surface area contributed by atoms with Crippen molar-refractivity contribution in [2.24, 2.45) is 0 Å². The Morgan fingerprint density at radius 2 is 1.21 bits per heavy atom. The number of ketones is 1. The van der Waals surface area contributed by atoms with Crippen molar-refractivity contribution < 1.29 is 140 Å². The molecule has 0 radical (unpaired) electrons. The van der Waals surface area contributed by atoms with Crippen molar-refractivity contribution in [1.29, 1.82) is 0 Å². The summed E-state index contributed by atoms with van der Waals surface area (Å²) >= 11 is 2.50. The Morgan fingerprint density at radius 1 is 0.717 bits per heavy atom. The van der Waals surface area contributed by atoms with Crippen LogP contribution in [0.1, 0.15) is 82.7 Å². The molecular formula is C74H67F4K3N7O15PS2. The van der Waals surface area contributed by atoms with E-state index in [0.29, 0.717) is 104 Å². The predicted octanol–water partition coefficient (Wildman–Crippen LogP) is 8.12. The molecule has 6 aromatic carbocycles. The van der Waals surface area contributed by atoms with Crippen molar-refractivity contribution in [2.45, 2.75) is 45.5 Å². The number of rotatable bonds is 17. The molecule has 0 saturated heterocycles. The van der Waals surface area contributed by atoms with Gasteiger partial charge >= 0.3 is 123 Å². The average molecular weight is 1580 g/mol. The summed E-state index contributed by atoms with van der Waals surface area (Å²) in [5.74, 6) is -2.20. The normalized spacial score (nSPS) is 13.0. The molecule has 1 aliphatic carbocycles. The SMILES string of the molecule is CNC(=O)c1c(-c2ccc(F)cc2)oc2cc(N(C)S(C)(=O)=O)c(-c3ccc(/C=C/CCO)c(C4=Cc5c(F)cccc5C4)n3)cc12.CNC(=O)c1c(-c2ccc(F)cc2)oc2cc(N(C)S(C)(=O)=O)c(-c3ccc4c(n3)-c3cc5c(F)cccc5n3C(CCO)C4)cc12.O=[P+]([O-])O[O-].[2H]CC(C)=O.[K+].[K][K]. The van der Waals surface area contributed by atoms with Crippen molar-refractivity contribution in [3.8, 4) is 56.6 Å². The topological polar surface area (TPSA) is 320 Å². The van der Waals surface area contributed by atoms with Gasteiger partial charge < -0.3 is 49.2 Å². The summed E-state index contributed by atoms with van der Waals surface area (Å²) < 4.78 is 143. The van der Waals surface area contributed by atoms with Crippen LogP contribution in [-0.2, 0) is 46.9 Å². The number of furan rings is 2. The summed E-state index contributed by atoms with van der Waals surface area (Å²) in [5.41, 5.74) is 10.2. The molecule has 2 aliphatic rings. The van der Waals surface area contributed by atoms with E-state index < -0.39 is 51.8 Å². The first-order valence-corrected chi connectivity index (χ1v) is 53.3. The molecule has 2 atom stereocenters. The van der Waals surface area contributed by atoms with Gasteiger partial charge in [0.15, 0.2) is 0 Å². The first-order chi connectivity index (χ1) is 50.5. The number of carbonyl (C=O) groups excluding carboxylic acids is 3. The van der Waals surface area contributed by atoms with Crippen LogP contribution >= 0.6 is 8.25 Å². The van der Waals surface area contributed by atoms with Crippen molar-refractivity contribution in [3.05, 3.63) is 208 Å². The quantitative estimate of drug-likeness (QED) is 0.0220. The van der Waals surface area contributed by atoms with Gasteiger partial charge in [0.25, 0.3) is 11.8 Å². The van der Waals surface area contributed by atoms with E-state index in [1.807, 2.05) is 41.0 Å². The molecule has 0 spiro atoms. The molecule has 0 bridgehead atoms. The molecule has 22 nitrogen and oxygen atoms in total. The van der Waals surface area contributed by atoms with E-state index in [0.717, 1.165) is 43.4 Å². The fourth-order valence-electron chi connectivity index (χ4n) is 12.2. The van der Waals surface area contributed by atoms with E-state index in [1.54, 1.807) is 60.7 Å². The van der Waals surface area contributed by atoms with Crippen LogP contribution in [0.4, 0.5) is 28.9 Å². The van der Waals surface area contributed by atoms with Gasteiger partial charge in [0.1, 0.15) is 51.7 Å². The number of Topliss-reactive ketones (excluding diaryl/α,β-unsaturated/α-hetero) is 1. The zero-order chi connectivity index (χ0) is 77.2. The number of hydrogen-bond donors (Lipinski definition) is 4. The molecule has 1 aliphatic heterocycles. The van der Waals surface area contributed by atoms with Crippen molar-refractivity contribution in [1.82, 2.24) is 25.2 Å². The van der Waals surface area contributed by atoms with Gasteiger partial charge in [0, 0.05) is 117 Å². The van der Waals surface area contributed by atoms with E-state index >= 15 is 0 Å². The first-order valence-electron chi connectivity index (χ1n) is 33.2. The summed E-state index contributed by atoms with van der Waals surface area (Å²) in [5, 5.41) is 34.2. The second kappa shape index (κ2) is 37.9. The molecule has 11 aromatic rings. The van der Waals surface area contributed by atoms with Crippen LogP contribution < -0.4 is 80.8 Å². The van der Waals surface area contributed by atoms with Gasteiger partial charge in [-0.05, 0) is 157 Å². The molecule has 106 heavy (non-hydrogen) atoms. The van der Waals surface area contributed by atoms with E-state index in [-0.39, 0.29) is 140 Å². The Balaban J connectivity index is 0.000000233. The number of fused-ring (bicyclic) bond motifs is 8. The number of sulfonamides is 2. The van der Waals surface area contributed by atoms with Crippen LogP contribution in [0.2, 0.25) is 0 Å². The van der Waals surface area contributed by atoms with E-state index in [9.17, 15) is 59.0 Å². The summed E-state index contributed by atoms with van der Waals surface area (Å²) in [6.45, 7) is 1.24. The number of amides is 2. The Bertz CT molecular complexity index is 5490. The minimum absolute atomic E-state index is 0. The minimum atomic E-state index is -3.77. The molecule has 536 valence electrons. The van der Waals surface area contributed by atoms with E-state index in [4.69, 9.17) is 34.9 Å². The van der Waals surface area contributed by atoms with Crippen molar-refractivity contribution in [3.63, 3.8) is 0 Å². The number of pyridine rings is 2.